The first-order valence-electron chi connectivity index (χ1n) is 5.74. The molecular formula is C12H20N4O. The summed E-state index contributed by atoms with van der Waals surface area (Å²) in [4.78, 5) is 8.13. The summed E-state index contributed by atoms with van der Waals surface area (Å²) in [6, 6.07) is 2.15. The van der Waals surface area contributed by atoms with Gasteiger partial charge in [0.05, 0.1) is 7.11 Å². The lowest BCUT2D eigenvalue weighted by Gasteiger charge is -2.09. The van der Waals surface area contributed by atoms with Crippen LogP contribution in [-0.4, -0.2) is 23.1 Å². The highest BCUT2D eigenvalue weighted by atomic mass is 16.5. The van der Waals surface area contributed by atoms with Crippen molar-refractivity contribution in [1.82, 2.24) is 9.97 Å². The molecule has 5 heteroatoms. The van der Waals surface area contributed by atoms with Gasteiger partial charge in [-0.1, -0.05) is 27.7 Å². The number of hydrogen-bond donors (Lipinski definition) is 2. The van der Waals surface area contributed by atoms with Gasteiger partial charge in [0.25, 0.3) is 0 Å². The maximum absolute atomic E-state index is 5.62. The van der Waals surface area contributed by atoms with Crippen molar-refractivity contribution in [3.63, 3.8) is 0 Å². The molecule has 0 aliphatic heterocycles. The van der Waals surface area contributed by atoms with Crippen LogP contribution in [0.2, 0.25) is 0 Å². The minimum Gasteiger partial charge on any atom is -0.481 e. The molecule has 0 unspecified atom stereocenters. The van der Waals surface area contributed by atoms with E-state index in [1.165, 1.54) is 0 Å². The molecule has 0 spiro atoms. The van der Waals surface area contributed by atoms with Gasteiger partial charge in [-0.05, 0) is 10.8 Å². The van der Waals surface area contributed by atoms with Crippen LogP contribution in [0.4, 0.5) is 11.8 Å². The van der Waals surface area contributed by atoms with Gasteiger partial charge in [-0.15, -0.1) is 0 Å². The number of anilines is 2. The molecule has 3 N–H and O–H groups in total. The summed E-state index contributed by atoms with van der Waals surface area (Å²) in [5.41, 5.74) is 6.12. The summed E-state index contributed by atoms with van der Waals surface area (Å²) in [6.07, 6.45) is 0. The Kier molecular flexibility index (Phi) is 2.45. The van der Waals surface area contributed by atoms with Gasteiger partial charge < -0.3 is 15.8 Å². The normalized spacial score (nSPS) is 21.0. The topological polar surface area (TPSA) is 73.1 Å². The molecule has 1 saturated carbocycles. The zero-order valence-corrected chi connectivity index (χ0v) is 11.0. The Morgan fingerprint density at radius 3 is 2.29 bits per heavy atom. The van der Waals surface area contributed by atoms with Crippen molar-refractivity contribution < 1.29 is 4.74 Å². The second kappa shape index (κ2) is 3.48. The first-order valence-corrected chi connectivity index (χ1v) is 5.74. The van der Waals surface area contributed by atoms with Crippen LogP contribution in [0.1, 0.15) is 27.7 Å². The molecule has 1 fully saturated rings. The van der Waals surface area contributed by atoms with Gasteiger partial charge in [0.15, 0.2) is 0 Å². The Labute approximate surface area is 102 Å². The first-order chi connectivity index (χ1) is 7.79. The number of nitrogens with one attached hydrogen (secondary N) is 1. The number of nitrogens with two attached hydrogens (primary N) is 1. The fourth-order valence-corrected chi connectivity index (χ4v) is 2.33. The van der Waals surface area contributed by atoms with E-state index in [2.05, 4.69) is 43.0 Å². The minimum atomic E-state index is 0.225. The third-order valence-electron chi connectivity index (χ3n) is 4.24. The van der Waals surface area contributed by atoms with E-state index in [0.717, 1.165) is 5.82 Å². The molecule has 0 saturated heterocycles. The van der Waals surface area contributed by atoms with Crippen molar-refractivity contribution in [3.8, 4) is 5.88 Å². The van der Waals surface area contributed by atoms with Crippen molar-refractivity contribution >= 4 is 11.8 Å². The van der Waals surface area contributed by atoms with E-state index in [4.69, 9.17) is 10.5 Å². The van der Waals surface area contributed by atoms with E-state index >= 15 is 0 Å². The molecule has 94 valence electrons. The van der Waals surface area contributed by atoms with Crippen LogP contribution in [0.3, 0.4) is 0 Å². The molecule has 0 aromatic carbocycles. The maximum Gasteiger partial charge on any atom is 0.225 e. The van der Waals surface area contributed by atoms with E-state index in [9.17, 15) is 0 Å². The number of methoxy groups -OCH3 is 1. The van der Waals surface area contributed by atoms with E-state index in [1.54, 1.807) is 13.2 Å². The molecule has 0 amide bonds. The van der Waals surface area contributed by atoms with Crippen LogP contribution in [0.25, 0.3) is 0 Å². The monoisotopic (exact) mass is 236 g/mol. The highest BCUT2D eigenvalue weighted by molar-refractivity contribution is 5.47. The van der Waals surface area contributed by atoms with Crippen molar-refractivity contribution in [2.45, 2.75) is 33.7 Å². The van der Waals surface area contributed by atoms with Gasteiger partial charge >= 0.3 is 0 Å². The molecule has 0 atom stereocenters. The molecule has 1 aromatic heterocycles. The lowest BCUT2D eigenvalue weighted by Crippen LogP contribution is -2.12. The molecule has 17 heavy (non-hydrogen) atoms. The number of nitrogen functional groups attached to an aromatic ring is 1. The Balaban J connectivity index is 2.18. The molecular weight excluding hydrogens is 216 g/mol. The SMILES string of the molecule is COc1cc(NC2C(C)(C)C2(C)C)nc(N)n1. The molecule has 1 heterocycles. The molecule has 1 aromatic rings. The van der Waals surface area contributed by atoms with Gasteiger partial charge in [0, 0.05) is 12.1 Å². The summed E-state index contributed by atoms with van der Waals surface area (Å²) < 4.78 is 5.07. The highest BCUT2D eigenvalue weighted by Gasteiger charge is 2.65. The first kappa shape index (κ1) is 12.0. The van der Waals surface area contributed by atoms with Crippen molar-refractivity contribution in [2.24, 2.45) is 10.8 Å². The number of aromatic nitrogens is 2. The van der Waals surface area contributed by atoms with Gasteiger partial charge in [-0.25, -0.2) is 0 Å². The third kappa shape index (κ3) is 1.79. The van der Waals surface area contributed by atoms with Crippen molar-refractivity contribution in [3.05, 3.63) is 6.07 Å². The zero-order valence-electron chi connectivity index (χ0n) is 11.0. The largest absolute Gasteiger partial charge is 0.481 e. The van der Waals surface area contributed by atoms with E-state index in [-0.39, 0.29) is 16.8 Å². The number of hydrogen-bond acceptors (Lipinski definition) is 5. The van der Waals surface area contributed by atoms with Gasteiger partial charge in [-0.2, -0.15) is 9.97 Å². The molecule has 1 aliphatic rings. The quantitative estimate of drug-likeness (QED) is 0.838. The average molecular weight is 236 g/mol. The lowest BCUT2D eigenvalue weighted by atomic mass is 10.0. The van der Waals surface area contributed by atoms with E-state index in [1.807, 2.05) is 0 Å². The fraction of sp³-hybridized carbons (Fsp3) is 0.667. The summed E-state index contributed by atoms with van der Waals surface area (Å²) in [6.45, 7) is 8.97. The predicted molar refractivity (Wildman–Crippen MR) is 68.0 cm³/mol. The molecule has 0 bridgehead atoms. The summed E-state index contributed by atoms with van der Waals surface area (Å²) in [5.74, 6) is 1.43. The summed E-state index contributed by atoms with van der Waals surface area (Å²) in [5, 5.41) is 3.40. The van der Waals surface area contributed by atoms with Gasteiger partial charge in [-0.3, -0.25) is 0 Å². The molecule has 2 rings (SSSR count). The Bertz CT molecular complexity index is 428. The number of nitrogens with zero attached hydrogens (tertiary/aromatic N) is 2. The molecule has 0 radical (unpaired) electrons. The highest BCUT2D eigenvalue weighted by Crippen LogP contribution is 2.63. The Hall–Kier alpha value is -1.52. The maximum atomic E-state index is 5.62. The van der Waals surface area contributed by atoms with E-state index < -0.39 is 0 Å². The number of rotatable bonds is 3. The van der Waals surface area contributed by atoms with Gasteiger partial charge in [0.1, 0.15) is 5.82 Å². The van der Waals surface area contributed by atoms with Crippen LogP contribution in [0.15, 0.2) is 6.07 Å². The molecule has 5 nitrogen and oxygen atoms in total. The second-order valence-corrected chi connectivity index (χ2v) is 5.67. The Morgan fingerprint density at radius 1 is 1.24 bits per heavy atom. The molecule has 1 aliphatic carbocycles. The zero-order chi connectivity index (χ0) is 12.8. The van der Waals surface area contributed by atoms with Crippen LogP contribution >= 0.6 is 0 Å². The Morgan fingerprint density at radius 2 is 1.82 bits per heavy atom. The van der Waals surface area contributed by atoms with Crippen LogP contribution in [0, 0.1) is 10.8 Å². The van der Waals surface area contributed by atoms with Crippen molar-refractivity contribution in [2.75, 3.05) is 18.2 Å². The number of ether oxygens (including phenoxy) is 1. The second-order valence-electron chi connectivity index (χ2n) is 5.67. The summed E-state index contributed by atoms with van der Waals surface area (Å²) in [7, 11) is 1.57. The van der Waals surface area contributed by atoms with Crippen LogP contribution in [0.5, 0.6) is 5.88 Å². The van der Waals surface area contributed by atoms with Crippen LogP contribution in [-0.2, 0) is 0 Å². The third-order valence-corrected chi connectivity index (χ3v) is 4.24. The van der Waals surface area contributed by atoms with Gasteiger partial charge in [0.2, 0.25) is 11.8 Å². The predicted octanol–water partition coefficient (Wildman–Crippen LogP) is 1.91. The minimum absolute atomic E-state index is 0.225. The summed E-state index contributed by atoms with van der Waals surface area (Å²) >= 11 is 0. The smallest absolute Gasteiger partial charge is 0.225 e. The van der Waals surface area contributed by atoms with Crippen LogP contribution < -0.4 is 15.8 Å². The van der Waals surface area contributed by atoms with E-state index in [0.29, 0.717) is 11.9 Å². The standard InChI is InChI=1S/C12H20N4O/c1-11(2)9(12(11,3)4)14-7-6-8(17-5)16-10(13)15-7/h6,9H,1-5H3,(H3,13,14,15,16). The lowest BCUT2D eigenvalue weighted by molar-refractivity contribution is 0.398. The average Bonchev–Trinajstić information content (AvgIpc) is 2.60. The van der Waals surface area contributed by atoms with Crippen molar-refractivity contribution in [1.29, 1.82) is 0 Å². The fourth-order valence-electron chi connectivity index (χ4n) is 2.33.